The van der Waals surface area contributed by atoms with Crippen LogP contribution in [0.25, 0.3) is 0 Å². The first kappa shape index (κ1) is 12.2. The van der Waals surface area contributed by atoms with Gasteiger partial charge in [-0.2, -0.15) is 0 Å². The molecule has 0 bridgehead atoms. The summed E-state index contributed by atoms with van der Waals surface area (Å²) in [6, 6.07) is 5.11. The van der Waals surface area contributed by atoms with Gasteiger partial charge in [0.05, 0.1) is 10.0 Å². The van der Waals surface area contributed by atoms with Crippen LogP contribution in [0.3, 0.4) is 0 Å². The number of halogens is 2. The zero-order valence-electron chi connectivity index (χ0n) is 9.34. The van der Waals surface area contributed by atoms with Crippen LogP contribution in [0.4, 0.5) is 0 Å². The van der Waals surface area contributed by atoms with E-state index in [1.54, 1.807) is 32.2 Å². The predicted molar refractivity (Wildman–Crippen MR) is 68.5 cm³/mol. The Morgan fingerprint density at radius 2 is 2.00 bits per heavy atom. The summed E-state index contributed by atoms with van der Waals surface area (Å²) >= 11 is 11.8. The average molecular weight is 272 g/mol. The van der Waals surface area contributed by atoms with Crippen LogP contribution in [0.5, 0.6) is 0 Å². The lowest BCUT2D eigenvalue weighted by atomic mass is 9.92. The fourth-order valence-electron chi connectivity index (χ4n) is 1.68. The van der Waals surface area contributed by atoms with Gasteiger partial charge in [0, 0.05) is 7.05 Å². The largest absolute Gasteiger partial charge is 0.338 e. The number of benzene rings is 1. The summed E-state index contributed by atoms with van der Waals surface area (Å²) < 4.78 is 0. The number of carbonyl (C=O) groups is 1. The molecular weight excluding hydrogens is 261 g/mol. The van der Waals surface area contributed by atoms with Gasteiger partial charge < -0.3 is 5.32 Å². The first-order valence-corrected chi connectivity index (χ1v) is 5.75. The minimum atomic E-state index is -0.872. The van der Waals surface area contributed by atoms with Crippen molar-refractivity contribution in [2.75, 3.05) is 7.05 Å². The van der Waals surface area contributed by atoms with Crippen molar-refractivity contribution in [3.8, 4) is 0 Å². The standard InChI is InChI=1S/C11H11Cl2N3O/c1-11(9(17)15-10(14-2)16-11)6-3-4-7(12)8(13)5-6/h3-5H,1-2H3,(H2,14,15,16,17). The van der Waals surface area contributed by atoms with E-state index >= 15 is 0 Å². The monoisotopic (exact) mass is 271 g/mol. The summed E-state index contributed by atoms with van der Waals surface area (Å²) in [5.74, 6) is 0.278. The molecule has 0 radical (unpaired) electrons. The Balaban J connectivity index is 2.45. The van der Waals surface area contributed by atoms with Crippen LogP contribution in [0, 0.1) is 0 Å². The number of hydrogen-bond donors (Lipinski definition) is 2. The Morgan fingerprint density at radius 3 is 2.53 bits per heavy atom. The van der Waals surface area contributed by atoms with E-state index in [4.69, 9.17) is 23.2 Å². The van der Waals surface area contributed by atoms with Crippen LogP contribution in [0.2, 0.25) is 10.0 Å². The maximum atomic E-state index is 11.9. The molecule has 1 atom stereocenters. The number of nitrogens with zero attached hydrogens (tertiary/aromatic N) is 1. The molecule has 0 aromatic heterocycles. The molecule has 1 aromatic carbocycles. The number of amides is 1. The molecule has 6 heteroatoms. The van der Waals surface area contributed by atoms with Crippen molar-refractivity contribution in [2.24, 2.45) is 4.99 Å². The zero-order valence-corrected chi connectivity index (χ0v) is 10.9. The first-order chi connectivity index (χ1) is 7.97. The molecule has 0 saturated carbocycles. The molecule has 1 aliphatic rings. The number of guanidine groups is 1. The highest BCUT2D eigenvalue weighted by atomic mass is 35.5. The highest BCUT2D eigenvalue weighted by Crippen LogP contribution is 2.30. The van der Waals surface area contributed by atoms with Crippen molar-refractivity contribution in [3.05, 3.63) is 33.8 Å². The summed E-state index contributed by atoms with van der Waals surface area (Å²) in [5.41, 5.74) is -0.133. The Labute approximate surface area is 109 Å². The summed E-state index contributed by atoms with van der Waals surface area (Å²) in [4.78, 5) is 15.8. The molecule has 1 amide bonds. The topological polar surface area (TPSA) is 53.5 Å². The van der Waals surface area contributed by atoms with Crippen LogP contribution in [-0.2, 0) is 10.3 Å². The molecule has 1 heterocycles. The molecule has 90 valence electrons. The fourth-order valence-corrected chi connectivity index (χ4v) is 1.98. The lowest BCUT2D eigenvalue weighted by molar-refractivity contribution is -0.123. The molecule has 1 unspecified atom stereocenters. The molecular formula is C11H11Cl2N3O. The van der Waals surface area contributed by atoms with Crippen molar-refractivity contribution < 1.29 is 4.79 Å². The number of hydrogen-bond acceptors (Lipinski definition) is 2. The van der Waals surface area contributed by atoms with Crippen LogP contribution in [0.1, 0.15) is 12.5 Å². The van der Waals surface area contributed by atoms with Crippen molar-refractivity contribution in [1.29, 1.82) is 0 Å². The van der Waals surface area contributed by atoms with Crippen molar-refractivity contribution >= 4 is 35.1 Å². The minimum Gasteiger partial charge on any atom is -0.338 e. The van der Waals surface area contributed by atoms with Gasteiger partial charge in [0.2, 0.25) is 0 Å². The quantitative estimate of drug-likeness (QED) is 0.820. The van der Waals surface area contributed by atoms with Gasteiger partial charge in [0.15, 0.2) is 5.96 Å². The van der Waals surface area contributed by atoms with E-state index in [2.05, 4.69) is 15.6 Å². The van der Waals surface area contributed by atoms with E-state index in [-0.39, 0.29) is 5.91 Å². The highest BCUT2D eigenvalue weighted by molar-refractivity contribution is 6.42. The molecule has 0 spiro atoms. The summed E-state index contributed by atoms with van der Waals surface area (Å²) in [5, 5.41) is 6.55. The molecule has 0 aliphatic carbocycles. The third-order valence-corrected chi connectivity index (χ3v) is 3.51. The number of nitrogens with one attached hydrogen (secondary N) is 2. The molecule has 1 aromatic rings. The highest BCUT2D eigenvalue weighted by Gasteiger charge is 2.42. The Hall–Kier alpha value is -1.26. The fraction of sp³-hybridized carbons (Fsp3) is 0.273. The summed E-state index contributed by atoms with van der Waals surface area (Å²) in [7, 11) is 1.60. The normalized spacial score (nSPS) is 25.9. The molecule has 2 rings (SSSR count). The average Bonchev–Trinajstić information content (AvgIpc) is 2.60. The van der Waals surface area contributed by atoms with Gasteiger partial charge in [-0.3, -0.25) is 15.1 Å². The number of aliphatic imine (C=N–C) groups is 1. The zero-order chi connectivity index (χ0) is 12.6. The van der Waals surface area contributed by atoms with E-state index in [0.717, 1.165) is 5.56 Å². The molecule has 4 nitrogen and oxygen atoms in total. The van der Waals surface area contributed by atoms with Gasteiger partial charge in [0.1, 0.15) is 5.54 Å². The third-order valence-electron chi connectivity index (χ3n) is 2.78. The van der Waals surface area contributed by atoms with E-state index in [0.29, 0.717) is 16.0 Å². The van der Waals surface area contributed by atoms with Crippen LogP contribution >= 0.6 is 23.2 Å². The first-order valence-electron chi connectivity index (χ1n) is 4.99. The Kier molecular flexibility index (Phi) is 3.02. The van der Waals surface area contributed by atoms with Crippen molar-refractivity contribution in [1.82, 2.24) is 10.6 Å². The van der Waals surface area contributed by atoms with E-state index in [1.165, 1.54) is 0 Å². The summed E-state index contributed by atoms with van der Waals surface area (Å²) in [6.07, 6.45) is 0. The van der Waals surface area contributed by atoms with Crippen molar-refractivity contribution in [2.45, 2.75) is 12.5 Å². The second-order valence-corrected chi connectivity index (χ2v) is 4.72. The second kappa shape index (κ2) is 4.20. The van der Waals surface area contributed by atoms with Gasteiger partial charge in [-0.25, -0.2) is 0 Å². The smallest absolute Gasteiger partial charge is 0.256 e. The SMILES string of the molecule is CN=C1NC(=O)C(C)(c2ccc(Cl)c(Cl)c2)N1. The van der Waals surface area contributed by atoms with E-state index in [9.17, 15) is 4.79 Å². The molecule has 17 heavy (non-hydrogen) atoms. The minimum absolute atomic E-state index is 0.170. The van der Waals surface area contributed by atoms with Gasteiger partial charge in [-0.15, -0.1) is 0 Å². The molecule has 1 fully saturated rings. The Morgan fingerprint density at radius 1 is 1.29 bits per heavy atom. The van der Waals surface area contributed by atoms with Crippen LogP contribution < -0.4 is 10.6 Å². The molecule has 1 saturated heterocycles. The summed E-state index contributed by atoms with van der Waals surface area (Å²) in [6.45, 7) is 1.76. The maximum absolute atomic E-state index is 11.9. The lowest BCUT2D eigenvalue weighted by Crippen LogP contribution is -2.40. The van der Waals surface area contributed by atoms with E-state index < -0.39 is 5.54 Å². The van der Waals surface area contributed by atoms with Gasteiger partial charge in [-0.1, -0.05) is 29.3 Å². The number of rotatable bonds is 1. The Bertz CT molecular complexity index is 515. The van der Waals surface area contributed by atoms with Gasteiger partial charge in [-0.05, 0) is 24.6 Å². The maximum Gasteiger partial charge on any atom is 0.256 e. The van der Waals surface area contributed by atoms with Crippen molar-refractivity contribution in [3.63, 3.8) is 0 Å². The van der Waals surface area contributed by atoms with Gasteiger partial charge in [0.25, 0.3) is 5.91 Å². The van der Waals surface area contributed by atoms with Gasteiger partial charge >= 0.3 is 0 Å². The number of carbonyl (C=O) groups excluding carboxylic acids is 1. The van der Waals surface area contributed by atoms with Crippen LogP contribution in [0.15, 0.2) is 23.2 Å². The van der Waals surface area contributed by atoms with E-state index in [1.807, 2.05) is 0 Å². The third kappa shape index (κ3) is 1.98. The van der Waals surface area contributed by atoms with Crippen LogP contribution in [-0.4, -0.2) is 18.9 Å². The second-order valence-electron chi connectivity index (χ2n) is 3.91. The lowest BCUT2D eigenvalue weighted by Gasteiger charge is -2.22. The molecule has 1 aliphatic heterocycles. The predicted octanol–water partition coefficient (Wildman–Crippen LogP) is 1.91. The molecule has 2 N–H and O–H groups in total.